The van der Waals surface area contributed by atoms with Gasteiger partial charge in [-0.1, -0.05) is 37.3 Å². The summed E-state index contributed by atoms with van der Waals surface area (Å²) in [6.45, 7) is 4.90. The van der Waals surface area contributed by atoms with Crippen molar-refractivity contribution in [3.05, 3.63) is 48.2 Å². The number of amides is 2. The molecule has 0 unspecified atom stereocenters. The number of halogens is 1. The van der Waals surface area contributed by atoms with E-state index in [0.29, 0.717) is 16.7 Å². The van der Waals surface area contributed by atoms with Crippen molar-refractivity contribution < 1.29 is 21.6 Å². The van der Waals surface area contributed by atoms with E-state index in [2.05, 4.69) is 41.2 Å². The van der Waals surface area contributed by atoms with Gasteiger partial charge in [-0.05, 0) is 19.4 Å². The fourth-order valence-corrected chi connectivity index (χ4v) is 3.05. The minimum atomic E-state index is -3.44. The van der Waals surface area contributed by atoms with Crippen molar-refractivity contribution in [2.45, 2.75) is 26.8 Å². The Morgan fingerprint density at radius 1 is 1.12 bits per heavy atom. The van der Waals surface area contributed by atoms with E-state index < -0.39 is 25.1 Å². The molecule has 0 saturated heterocycles. The number of urea groups is 1. The van der Waals surface area contributed by atoms with Gasteiger partial charge >= 0.3 is 6.03 Å². The first-order valence-corrected chi connectivity index (χ1v) is 14.0. The van der Waals surface area contributed by atoms with Gasteiger partial charge in [0.05, 0.1) is 28.5 Å². The minimum absolute atomic E-state index is 0.00849. The van der Waals surface area contributed by atoms with Crippen LogP contribution in [-0.2, 0) is 19.1 Å². The highest BCUT2D eigenvalue weighted by molar-refractivity contribution is 8.13. The molecule has 3 aromatic rings. The summed E-state index contributed by atoms with van der Waals surface area (Å²) < 4.78 is 45.3. The third kappa shape index (κ3) is 8.51. The Morgan fingerprint density at radius 2 is 1.76 bits per heavy atom. The van der Waals surface area contributed by atoms with E-state index in [1.807, 2.05) is 37.3 Å². The van der Waals surface area contributed by atoms with Gasteiger partial charge in [0.1, 0.15) is 5.82 Å². The zero-order valence-corrected chi connectivity index (χ0v) is 20.6. The van der Waals surface area contributed by atoms with E-state index in [1.165, 1.54) is 20.0 Å². The van der Waals surface area contributed by atoms with Gasteiger partial charge in [-0.2, -0.15) is 5.10 Å². The van der Waals surface area contributed by atoms with E-state index in [9.17, 15) is 21.6 Å². The van der Waals surface area contributed by atoms with Crippen LogP contribution in [0.4, 0.5) is 16.4 Å². The highest BCUT2D eigenvalue weighted by atomic mass is 35.7. The molecule has 1 atom stereocenters. The second-order valence-corrected chi connectivity index (χ2v) is 11.8. The molecule has 2 aromatic heterocycles. The number of rotatable bonds is 7. The zero-order valence-electron chi connectivity index (χ0n) is 18.2. The third-order valence-corrected chi connectivity index (χ3v) is 6.92. The number of carbonyl (C=O) groups is 1. The Bertz CT molecular complexity index is 1300. The van der Waals surface area contributed by atoms with Crippen molar-refractivity contribution in [3.63, 3.8) is 0 Å². The molecule has 2 heterocycles. The van der Waals surface area contributed by atoms with Crippen LogP contribution in [0.15, 0.2) is 42.6 Å². The molecule has 0 saturated carbocycles. The number of sulfonamides is 1. The van der Waals surface area contributed by atoms with Gasteiger partial charge < -0.3 is 5.32 Å². The van der Waals surface area contributed by atoms with Crippen LogP contribution in [0.25, 0.3) is 10.9 Å². The number of nitrogens with zero attached hydrogens (tertiary/aromatic N) is 2. The Balaban J connectivity index is 0.000000569. The predicted molar refractivity (Wildman–Crippen MR) is 129 cm³/mol. The van der Waals surface area contributed by atoms with Crippen LogP contribution in [0.3, 0.4) is 0 Å². The van der Waals surface area contributed by atoms with E-state index in [1.54, 1.807) is 6.07 Å². The number of aromatic amines is 1. The molecule has 0 spiro atoms. The molecular weight excluding hydrogens is 492 g/mol. The average molecular weight is 517 g/mol. The Kier molecular flexibility index (Phi) is 9.02. The highest BCUT2D eigenvalue weighted by Gasteiger charge is 2.14. The van der Waals surface area contributed by atoms with E-state index in [-0.39, 0.29) is 23.4 Å². The average Bonchev–Trinajstić information content (AvgIpc) is 3.15. The monoisotopic (exact) mass is 516 g/mol. The molecule has 1 aromatic carbocycles. The van der Waals surface area contributed by atoms with Crippen LogP contribution in [0.2, 0.25) is 0 Å². The Labute approximate surface area is 196 Å². The minimum Gasteiger partial charge on any atom is -0.331 e. The number of hydrogen-bond acceptors (Lipinski definition) is 7. The molecule has 11 nitrogen and oxygen atoms in total. The molecule has 0 aliphatic carbocycles. The molecule has 2 amide bonds. The van der Waals surface area contributed by atoms with Gasteiger partial charge in [0, 0.05) is 22.9 Å². The third-order valence-electron chi connectivity index (χ3n) is 4.31. The van der Waals surface area contributed by atoms with Gasteiger partial charge in [0.2, 0.25) is 19.1 Å². The maximum absolute atomic E-state index is 12.2. The maximum atomic E-state index is 12.2. The topological polar surface area (TPSA) is 163 Å². The van der Waals surface area contributed by atoms with Crippen molar-refractivity contribution in [2.24, 2.45) is 0 Å². The molecule has 33 heavy (non-hydrogen) atoms. The first-order valence-electron chi connectivity index (χ1n) is 9.83. The second-order valence-electron chi connectivity index (χ2n) is 6.75. The summed E-state index contributed by atoms with van der Waals surface area (Å²) >= 11 is 0. The molecule has 0 fully saturated rings. The summed E-state index contributed by atoms with van der Waals surface area (Å²) in [7, 11) is -1.94. The Hall–Kier alpha value is -2.90. The maximum Gasteiger partial charge on any atom is 0.320 e. The molecule has 0 aliphatic heterocycles. The molecule has 3 rings (SSSR count). The quantitative estimate of drug-likeness (QED) is 0.350. The molecule has 180 valence electrons. The SMILES string of the molecule is CCS(=O)(=O)Cl.CCS(=O)(=O)Nc1n[nH]c2cc(NC(=O)N[C@H](C)c3ccccc3)ncc12. The lowest BCUT2D eigenvalue weighted by Crippen LogP contribution is -2.31. The van der Waals surface area contributed by atoms with Gasteiger partial charge in [0.25, 0.3) is 0 Å². The van der Waals surface area contributed by atoms with Crippen LogP contribution in [0.1, 0.15) is 32.4 Å². The second kappa shape index (κ2) is 11.3. The number of hydrogen-bond donors (Lipinski definition) is 4. The number of benzene rings is 1. The summed E-state index contributed by atoms with van der Waals surface area (Å²) in [6.07, 6.45) is 1.45. The van der Waals surface area contributed by atoms with E-state index in [4.69, 9.17) is 0 Å². The fourth-order valence-electron chi connectivity index (χ4n) is 2.45. The highest BCUT2D eigenvalue weighted by Crippen LogP contribution is 2.22. The predicted octanol–water partition coefficient (Wildman–Crippen LogP) is 3.18. The van der Waals surface area contributed by atoms with Gasteiger partial charge in [-0.15, -0.1) is 0 Å². The standard InChI is InChI=1S/C17H20N6O3S.C2H5ClO2S/c1-3-27(25,26)23-16-13-10-18-15(9-14(13)21-22-16)20-17(24)19-11(2)12-7-5-4-6-8-12;1-2-6(3,4)5/h4-11H,3H2,1-2H3,(H2,21,22,23)(H2,18,19,20,24);2H2,1H3/t11-;/m1./s1. The number of pyridine rings is 1. The number of fused-ring (bicyclic) bond motifs is 1. The largest absolute Gasteiger partial charge is 0.331 e. The molecule has 0 bridgehead atoms. The van der Waals surface area contributed by atoms with Crippen molar-refractivity contribution in [2.75, 3.05) is 21.5 Å². The van der Waals surface area contributed by atoms with Crippen LogP contribution in [0, 0.1) is 0 Å². The van der Waals surface area contributed by atoms with Crippen molar-refractivity contribution in [1.82, 2.24) is 20.5 Å². The summed E-state index contributed by atoms with van der Waals surface area (Å²) in [5.41, 5.74) is 1.53. The molecule has 0 aliphatic rings. The number of aromatic nitrogens is 3. The van der Waals surface area contributed by atoms with Crippen LogP contribution < -0.4 is 15.4 Å². The summed E-state index contributed by atoms with van der Waals surface area (Å²) in [5.74, 6) is 0.435. The Morgan fingerprint density at radius 3 is 2.33 bits per heavy atom. The lowest BCUT2D eigenvalue weighted by atomic mass is 10.1. The lowest BCUT2D eigenvalue weighted by Gasteiger charge is -2.14. The zero-order chi connectivity index (χ0) is 24.6. The lowest BCUT2D eigenvalue weighted by molar-refractivity contribution is 0.249. The molecule has 14 heteroatoms. The van der Waals surface area contributed by atoms with Crippen molar-refractivity contribution in [3.8, 4) is 0 Å². The smallest absolute Gasteiger partial charge is 0.320 e. The van der Waals surface area contributed by atoms with Crippen molar-refractivity contribution >= 4 is 58.3 Å². The first-order chi connectivity index (χ1) is 15.4. The number of carbonyl (C=O) groups excluding carboxylic acids is 1. The number of nitrogens with one attached hydrogen (secondary N) is 4. The normalized spacial score (nSPS) is 12.4. The first kappa shape index (κ1) is 26.4. The van der Waals surface area contributed by atoms with Crippen LogP contribution >= 0.6 is 10.7 Å². The van der Waals surface area contributed by atoms with Crippen LogP contribution in [0.5, 0.6) is 0 Å². The summed E-state index contributed by atoms with van der Waals surface area (Å²) in [5, 5.41) is 12.7. The summed E-state index contributed by atoms with van der Waals surface area (Å²) in [4.78, 5) is 16.3. The fraction of sp³-hybridized carbons (Fsp3) is 0.316. The van der Waals surface area contributed by atoms with E-state index in [0.717, 1.165) is 5.56 Å². The molecular formula is C19H25ClN6O5S2. The van der Waals surface area contributed by atoms with Gasteiger partial charge in [-0.3, -0.25) is 15.1 Å². The van der Waals surface area contributed by atoms with E-state index >= 15 is 0 Å². The number of H-pyrrole nitrogens is 1. The molecule has 0 radical (unpaired) electrons. The molecule has 4 N–H and O–H groups in total. The van der Waals surface area contributed by atoms with Gasteiger partial charge in [0.15, 0.2) is 5.82 Å². The number of anilines is 2. The van der Waals surface area contributed by atoms with Crippen LogP contribution in [-0.4, -0.2) is 49.6 Å². The van der Waals surface area contributed by atoms with Gasteiger partial charge in [-0.25, -0.2) is 26.6 Å². The van der Waals surface area contributed by atoms with Crippen molar-refractivity contribution in [1.29, 1.82) is 0 Å². The summed E-state index contributed by atoms with van der Waals surface area (Å²) in [6, 6.07) is 10.6.